The molecule has 1 aromatic heterocycles. The lowest BCUT2D eigenvalue weighted by Crippen LogP contribution is -2.28. The monoisotopic (exact) mass is 368 g/mol. The normalized spacial score (nSPS) is 10.4. The molecule has 0 atom stereocenters. The van der Waals surface area contributed by atoms with E-state index in [1.54, 1.807) is 30.6 Å². The predicted octanol–water partition coefficient (Wildman–Crippen LogP) is 3.82. The summed E-state index contributed by atoms with van der Waals surface area (Å²) in [7, 11) is 1.57. The summed E-state index contributed by atoms with van der Waals surface area (Å²) in [4.78, 5) is 16.6. The quantitative estimate of drug-likeness (QED) is 0.689. The Bertz CT molecular complexity index is 892. The summed E-state index contributed by atoms with van der Waals surface area (Å²) in [5.74, 6) is 0.935. The molecule has 0 fully saturated rings. The molecule has 134 valence electrons. The molecule has 6 heteroatoms. The summed E-state index contributed by atoms with van der Waals surface area (Å²) in [6.45, 7) is 2.36. The molecule has 1 N–H and O–H groups in total. The van der Waals surface area contributed by atoms with Crippen molar-refractivity contribution in [2.75, 3.05) is 13.7 Å². The molecule has 0 aliphatic heterocycles. The summed E-state index contributed by atoms with van der Waals surface area (Å²) in [6, 6.07) is 15.4. The number of rotatable bonds is 7. The van der Waals surface area contributed by atoms with Gasteiger partial charge in [-0.25, -0.2) is 4.98 Å². The average molecular weight is 368 g/mol. The molecule has 0 radical (unpaired) electrons. The van der Waals surface area contributed by atoms with Crippen LogP contribution in [0.25, 0.3) is 10.6 Å². The fourth-order valence-electron chi connectivity index (χ4n) is 2.45. The molecule has 5 nitrogen and oxygen atoms in total. The van der Waals surface area contributed by atoms with Gasteiger partial charge in [0.2, 0.25) is 0 Å². The van der Waals surface area contributed by atoms with E-state index in [2.05, 4.69) is 29.4 Å². The molecule has 0 bridgehead atoms. The number of thiazole rings is 1. The number of methoxy groups -OCH3 is 1. The minimum atomic E-state index is -0.207. The highest BCUT2D eigenvalue weighted by Gasteiger charge is 2.10. The Morgan fingerprint density at radius 2 is 1.85 bits per heavy atom. The summed E-state index contributed by atoms with van der Waals surface area (Å²) in [6.07, 6.45) is 0. The van der Waals surface area contributed by atoms with Gasteiger partial charge in [-0.3, -0.25) is 4.79 Å². The first-order valence-electron chi connectivity index (χ1n) is 8.20. The zero-order valence-electron chi connectivity index (χ0n) is 14.7. The number of aryl methyl sites for hydroxylation is 1. The second-order valence-corrected chi connectivity index (χ2v) is 6.53. The van der Waals surface area contributed by atoms with Crippen LogP contribution in [0, 0.1) is 6.92 Å². The van der Waals surface area contributed by atoms with Crippen molar-refractivity contribution in [3.05, 3.63) is 65.2 Å². The van der Waals surface area contributed by atoms with Crippen LogP contribution in [0.3, 0.4) is 0 Å². The Hall–Kier alpha value is -2.86. The molecule has 0 unspecified atom stereocenters. The average Bonchev–Trinajstić information content (AvgIpc) is 3.14. The fourth-order valence-corrected chi connectivity index (χ4v) is 3.36. The van der Waals surface area contributed by atoms with Crippen molar-refractivity contribution in [2.45, 2.75) is 13.5 Å². The number of para-hydroxylation sites is 2. The van der Waals surface area contributed by atoms with E-state index in [1.807, 2.05) is 29.6 Å². The molecule has 26 heavy (non-hydrogen) atoms. The van der Waals surface area contributed by atoms with Crippen LogP contribution in [0.5, 0.6) is 11.5 Å². The number of amides is 1. The number of carbonyl (C=O) groups excluding carboxylic acids is 1. The minimum absolute atomic E-state index is 0.0742. The van der Waals surface area contributed by atoms with E-state index in [9.17, 15) is 4.79 Å². The van der Waals surface area contributed by atoms with Crippen molar-refractivity contribution >= 4 is 17.2 Å². The topological polar surface area (TPSA) is 60.5 Å². The van der Waals surface area contributed by atoms with Crippen LogP contribution in [0.1, 0.15) is 11.3 Å². The molecular formula is C20H20N2O3S. The van der Waals surface area contributed by atoms with Crippen molar-refractivity contribution < 1.29 is 14.3 Å². The van der Waals surface area contributed by atoms with E-state index in [1.165, 1.54) is 5.56 Å². The standard InChI is InChI=1S/C20H20N2O3S/c1-14-7-3-4-8-16(14)20-22-15(13-26-20)11-21-19(23)12-25-18-10-6-5-9-17(18)24-2/h3-10,13H,11-12H2,1-2H3,(H,21,23). The summed E-state index contributed by atoms with van der Waals surface area (Å²) >= 11 is 1.57. The Kier molecular flexibility index (Phi) is 5.86. The van der Waals surface area contributed by atoms with E-state index in [-0.39, 0.29) is 12.5 Å². The molecule has 0 spiro atoms. The van der Waals surface area contributed by atoms with Crippen molar-refractivity contribution in [1.82, 2.24) is 10.3 Å². The van der Waals surface area contributed by atoms with Gasteiger partial charge in [-0.1, -0.05) is 36.4 Å². The maximum absolute atomic E-state index is 12.0. The highest BCUT2D eigenvalue weighted by atomic mass is 32.1. The van der Waals surface area contributed by atoms with Crippen LogP contribution in [-0.4, -0.2) is 24.6 Å². The zero-order valence-corrected chi connectivity index (χ0v) is 15.5. The second-order valence-electron chi connectivity index (χ2n) is 5.68. The third-order valence-electron chi connectivity index (χ3n) is 3.82. The molecule has 0 aliphatic carbocycles. The van der Waals surface area contributed by atoms with Crippen LogP contribution in [-0.2, 0) is 11.3 Å². The van der Waals surface area contributed by atoms with Gasteiger partial charge in [-0.15, -0.1) is 11.3 Å². The van der Waals surface area contributed by atoms with Gasteiger partial charge >= 0.3 is 0 Å². The van der Waals surface area contributed by atoms with Gasteiger partial charge < -0.3 is 14.8 Å². The minimum Gasteiger partial charge on any atom is -0.493 e. The molecule has 2 aromatic carbocycles. The van der Waals surface area contributed by atoms with Gasteiger partial charge in [0.1, 0.15) is 5.01 Å². The summed E-state index contributed by atoms with van der Waals surface area (Å²) in [5.41, 5.74) is 3.14. The highest BCUT2D eigenvalue weighted by molar-refractivity contribution is 7.13. The number of nitrogens with one attached hydrogen (secondary N) is 1. The molecule has 1 heterocycles. The SMILES string of the molecule is COc1ccccc1OCC(=O)NCc1csc(-c2ccccc2C)n1. The van der Waals surface area contributed by atoms with Gasteiger partial charge in [0.05, 0.1) is 19.3 Å². The Morgan fingerprint density at radius 1 is 1.12 bits per heavy atom. The van der Waals surface area contributed by atoms with Crippen LogP contribution in [0.2, 0.25) is 0 Å². The van der Waals surface area contributed by atoms with Gasteiger partial charge in [-0.2, -0.15) is 0 Å². The van der Waals surface area contributed by atoms with E-state index in [0.29, 0.717) is 18.0 Å². The molecule has 3 aromatic rings. The molecule has 3 rings (SSSR count). The number of nitrogens with zero attached hydrogens (tertiary/aromatic N) is 1. The Labute approximate surface area is 156 Å². The first-order valence-corrected chi connectivity index (χ1v) is 9.08. The second kappa shape index (κ2) is 8.49. The van der Waals surface area contributed by atoms with Crippen LogP contribution in [0.4, 0.5) is 0 Å². The van der Waals surface area contributed by atoms with Gasteiger partial charge in [0, 0.05) is 10.9 Å². The van der Waals surface area contributed by atoms with Gasteiger partial charge in [0.25, 0.3) is 5.91 Å². The van der Waals surface area contributed by atoms with E-state index >= 15 is 0 Å². The fraction of sp³-hybridized carbons (Fsp3) is 0.200. The smallest absolute Gasteiger partial charge is 0.258 e. The molecular weight excluding hydrogens is 348 g/mol. The first-order chi connectivity index (χ1) is 12.7. The summed E-state index contributed by atoms with van der Waals surface area (Å²) in [5, 5.41) is 5.74. The number of benzene rings is 2. The number of hydrogen-bond donors (Lipinski definition) is 1. The first kappa shape index (κ1) is 17.9. The van der Waals surface area contributed by atoms with Crippen molar-refractivity contribution in [3.8, 4) is 22.1 Å². The van der Waals surface area contributed by atoms with Crippen molar-refractivity contribution in [3.63, 3.8) is 0 Å². The lowest BCUT2D eigenvalue weighted by molar-refractivity contribution is -0.123. The Balaban J connectivity index is 1.53. The third kappa shape index (κ3) is 4.40. The van der Waals surface area contributed by atoms with Crippen molar-refractivity contribution in [1.29, 1.82) is 0 Å². The third-order valence-corrected chi connectivity index (χ3v) is 4.75. The lowest BCUT2D eigenvalue weighted by atomic mass is 10.1. The van der Waals surface area contributed by atoms with E-state index < -0.39 is 0 Å². The van der Waals surface area contributed by atoms with Gasteiger partial charge in [-0.05, 0) is 24.6 Å². The van der Waals surface area contributed by atoms with Crippen LogP contribution >= 0.6 is 11.3 Å². The predicted molar refractivity (Wildman–Crippen MR) is 103 cm³/mol. The number of ether oxygens (including phenoxy) is 2. The lowest BCUT2D eigenvalue weighted by Gasteiger charge is -2.10. The maximum Gasteiger partial charge on any atom is 0.258 e. The Morgan fingerprint density at radius 3 is 2.62 bits per heavy atom. The van der Waals surface area contributed by atoms with E-state index in [4.69, 9.17) is 9.47 Å². The maximum atomic E-state index is 12.0. The molecule has 0 saturated carbocycles. The van der Waals surface area contributed by atoms with Gasteiger partial charge in [0.15, 0.2) is 18.1 Å². The summed E-state index contributed by atoms with van der Waals surface area (Å²) < 4.78 is 10.7. The number of carbonyl (C=O) groups is 1. The number of aromatic nitrogens is 1. The highest BCUT2D eigenvalue weighted by Crippen LogP contribution is 2.27. The molecule has 0 aliphatic rings. The largest absolute Gasteiger partial charge is 0.493 e. The van der Waals surface area contributed by atoms with E-state index in [0.717, 1.165) is 16.3 Å². The zero-order chi connectivity index (χ0) is 18.4. The van der Waals surface area contributed by atoms with Crippen molar-refractivity contribution in [2.24, 2.45) is 0 Å². The number of hydrogen-bond acceptors (Lipinski definition) is 5. The van der Waals surface area contributed by atoms with Crippen LogP contribution in [0.15, 0.2) is 53.9 Å². The molecule has 1 amide bonds. The molecule has 0 saturated heterocycles. The van der Waals surface area contributed by atoms with Crippen LogP contribution < -0.4 is 14.8 Å².